The summed E-state index contributed by atoms with van der Waals surface area (Å²) in [5.74, 6) is 0.485. The number of hydrogen-bond donors (Lipinski definition) is 2. The van der Waals surface area contributed by atoms with E-state index in [9.17, 15) is 14.4 Å². The van der Waals surface area contributed by atoms with E-state index in [1.165, 1.54) is 0 Å². The van der Waals surface area contributed by atoms with Crippen LogP contribution in [0.3, 0.4) is 0 Å². The Morgan fingerprint density at radius 2 is 1.74 bits per heavy atom. The van der Waals surface area contributed by atoms with Crippen molar-refractivity contribution in [1.29, 1.82) is 0 Å². The van der Waals surface area contributed by atoms with Crippen LogP contribution in [0.1, 0.15) is 27.9 Å². The number of carbonyl (C=O) groups excluding carboxylic acids is 3. The van der Waals surface area contributed by atoms with Crippen molar-refractivity contribution in [3.05, 3.63) is 71.3 Å². The van der Waals surface area contributed by atoms with Crippen LogP contribution in [0, 0.1) is 6.92 Å². The van der Waals surface area contributed by atoms with Crippen LogP contribution in [0.2, 0.25) is 0 Å². The highest BCUT2D eigenvalue weighted by atomic mass is 32.2. The summed E-state index contributed by atoms with van der Waals surface area (Å²) >= 11 is 1.65. The lowest BCUT2D eigenvalue weighted by atomic mass is 10.1. The van der Waals surface area contributed by atoms with Crippen molar-refractivity contribution in [3.63, 3.8) is 0 Å². The minimum Gasteiger partial charge on any atom is -0.351 e. The van der Waals surface area contributed by atoms with Gasteiger partial charge in [0.15, 0.2) is 0 Å². The Kier molecular flexibility index (Phi) is 9.97. The number of nitrogens with one attached hydrogen (secondary N) is 2. The first-order chi connectivity index (χ1) is 16.5. The van der Waals surface area contributed by atoms with Gasteiger partial charge in [-0.25, -0.2) is 0 Å². The van der Waals surface area contributed by atoms with E-state index in [0.29, 0.717) is 51.3 Å². The zero-order chi connectivity index (χ0) is 24.3. The molecule has 34 heavy (non-hydrogen) atoms. The minimum absolute atomic E-state index is 0.0214. The molecule has 0 aliphatic carbocycles. The van der Waals surface area contributed by atoms with Crippen molar-refractivity contribution >= 4 is 29.5 Å². The number of rotatable bonds is 10. The van der Waals surface area contributed by atoms with Crippen LogP contribution >= 0.6 is 11.8 Å². The maximum Gasteiger partial charge on any atom is 0.251 e. The van der Waals surface area contributed by atoms with Crippen LogP contribution in [0.4, 0.5) is 0 Å². The molecule has 1 heterocycles. The van der Waals surface area contributed by atoms with Gasteiger partial charge in [0.2, 0.25) is 11.8 Å². The van der Waals surface area contributed by atoms with Gasteiger partial charge >= 0.3 is 0 Å². The van der Waals surface area contributed by atoms with Crippen molar-refractivity contribution in [2.45, 2.75) is 25.9 Å². The molecule has 0 bridgehead atoms. The van der Waals surface area contributed by atoms with Crippen LogP contribution in [-0.2, 0) is 16.1 Å². The largest absolute Gasteiger partial charge is 0.351 e. The molecule has 182 valence electrons. The topological polar surface area (TPSA) is 81.8 Å². The van der Waals surface area contributed by atoms with Crippen molar-refractivity contribution < 1.29 is 14.4 Å². The average Bonchev–Trinajstić information content (AvgIpc) is 2.86. The summed E-state index contributed by atoms with van der Waals surface area (Å²) in [5.41, 5.74) is 2.63. The van der Waals surface area contributed by atoms with E-state index in [2.05, 4.69) is 15.5 Å². The van der Waals surface area contributed by atoms with Gasteiger partial charge in [0.25, 0.3) is 5.91 Å². The Labute approximate surface area is 206 Å². The summed E-state index contributed by atoms with van der Waals surface area (Å²) < 4.78 is 0. The Bertz CT molecular complexity index is 962. The maximum atomic E-state index is 13.2. The van der Waals surface area contributed by atoms with Crippen molar-refractivity contribution in [1.82, 2.24) is 20.4 Å². The third-order valence-corrected chi connectivity index (χ3v) is 6.52. The van der Waals surface area contributed by atoms with E-state index < -0.39 is 6.04 Å². The molecular weight excluding hydrogens is 448 g/mol. The molecule has 3 rings (SSSR count). The predicted molar refractivity (Wildman–Crippen MR) is 137 cm³/mol. The average molecular weight is 483 g/mol. The molecule has 1 fully saturated rings. The Morgan fingerprint density at radius 1 is 1.00 bits per heavy atom. The first-order valence-electron chi connectivity index (χ1n) is 11.6. The zero-order valence-corrected chi connectivity index (χ0v) is 20.8. The summed E-state index contributed by atoms with van der Waals surface area (Å²) in [7, 11) is 0. The third kappa shape index (κ3) is 7.88. The second-order valence-electron chi connectivity index (χ2n) is 8.54. The monoisotopic (exact) mass is 482 g/mol. The van der Waals surface area contributed by atoms with Crippen molar-refractivity contribution in [3.8, 4) is 0 Å². The molecule has 1 unspecified atom stereocenters. The van der Waals surface area contributed by atoms with Gasteiger partial charge in [0.05, 0.1) is 6.54 Å². The predicted octanol–water partition coefficient (Wildman–Crippen LogP) is 2.31. The highest BCUT2D eigenvalue weighted by Crippen LogP contribution is 2.11. The molecule has 1 atom stereocenters. The highest BCUT2D eigenvalue weighted by molar-refractivity contribution is 7.98. The number of piperazine rings is 1. The molecule has 0 spiro atoms. The van der Waals surface area contributed by atoms with Gasteiger partial charge < -0.3 is 15.5 Å². The van der Waals surface area contributed by atoms with Gasteiger partial charge in [-0.2, -0.15) is 11.8 Å². The lowest BCUT2D eigenvalue weighted by Gasteiger charge is -2.36. The van der Waals surface area contributed by atoms with Crippen LogP contribution < -0.4 is 10.6 Å². The smallest absolute Gasteiger partial charge is 0.251 e. The number of benzene rings is 2. The van der Waals surface area contributed by atoms with Crippen LogP contribution in [0.15, 0.2) is 54.6 Å². The molecule has 2 aromatic rings. The molecule has 2 aromatic carbocycles. The molecule has 0 saturated carbocycles. The molecule has 0 aromatic heterocycles. The summed E-state index contributed by atoms with van der Waals surface area (Å²) in [6, 6.07) is 16.6. The standard InChI is InChI=1S/C26H34N4O3S/c1-20-7-6-10-22(17-20)25(32)28-23(11-16-34-2)26(33)30-14-12-29(13-15-30)19-24(31)27-18-21-8-4-3-5-9-21/h3-10,17,23H,11-16,18-19H2,1-2H3,(H,27,31)(H,28,32). The van der Waals surface area contributed by atoms with Gasteiger partial charge in [0.1, 0.15) is 6.04 Å². The zero-order valence-electron chi connectivity index (χ0n) is 20.0. The fraction of sp³-hybridized carbons (Fsp3) is 0.423. The molecule has 2 N–H and O–H groups in total. The third-order valence-electron chi connectivity index (χ3n) is 5.88. The molecule has 3 amide bonds. The first-order valence-corrected chi connectivity index (χ1v) is 13.0. The highest BCUT2D eigenvalue weighted by Gasteiger charge is 2.29. The Hall–Kier alpha value is -2.84. The lowest BCUT2D eigenvalue weighted by Crippen LogP contribution is -2.56. The van der Waals surface area contributed by atoms with E-state index in [4.69, 9.17) is 0 Å². The molecule has 1 aliphatic rings. The van der Waals surface area contributed by atoms with Crippen molar-refractivity contribution in [2.24, 2.45) is 0 Å². The quantitative estimate of drug-likeness (QED) is 0.543. The van der Waals surface area contributed by atoms with E-state index in [-0.39, 0.29) is 17.7 Å². The summed E-state index contributed by atoms with van der Waals surface area (Å²) in [6.07, 6.45) is 2.57. The van der Waals surface area contributed by atoms with Crippen LogP contribution in [0.25, 0.3) is 0 Å². The SMILES string of the molecule is CSCCC(NC(=O)c1cccc(C)c1)C(=O)N1CCN(CC(=O)NCc2ccccc2)CC1. The molecule has 1 saturated heterocycles. The van der Waals surface area contributed by atoms with Crippen LogP contribution in [0.5, 0.6) is 0 Å². The van der Waals surface area contributed by atoms with Gasteiger partial charge in [-0.15, -0.1) is 0 Å². The normalized spacial score (nSPS) is 14.9. The summed E-state index contributed by atoms with van der Waals surface area (Å²) in [4.78, 5) is 42.2. The molecule has 7 nitrogen and oxygen atoms in total. The number of nitrogens with zero attached hydrogens (tertiary/aromatic N) is 2. The van der Waals surface area contributed by atoms with E-state index in [0.717, 1.165) is 16.9 Å². The fourth-order valence-corrected chi connectivity index (χ4v) is 4.39. The summed E-state index contributed by atoms with van der Waals surface area (Å²) in [6.45, 7) is 5.11. The summed E-state index contributed by atoms with van der Waals surface area (Å²) in [5, 5.41) is 5.90. The minimum atomic E-state index is -0.554. The number of amides is 3. The Morgan fingerprint density at radius 3 is 2.41 bits per heavy atom. The fourth-order valence-electron chi connectivity index (χ4n) is 3.92. The maximum absolute atomic E-state index is 13.2. The van der Waals surface area contributed by atoms with Gasteiger partial charge in [-0.1, -0.05) is 48.0 Å². The second-order valence-corrected chi connectivity index (χ2v) is 9.53. The van der Waals surface area contributed by atoms with Crippen LogP contribution in [-0.4, -0.2) is 78.3 Å². The van der Waals surface area contributed by atoms with Gasteiger partial charge in [-0.05, 0) is 43.0 Å². The number of thioether (sulfide) groups is 1. The Balaban J connectivity index is 1.48. The molecule has 1 aliphatic heterocycles. The molecule has 8 heteroatoms. The number of carbonyl (C=O) groups is 3. The molecular formula is C26H34N4O3S. The number of hydrogen-bond acceptors (Lipinski definition) is 5. The van der Waals surface area contributed by atoms with E-state index >= 15 is 0 Å². The lowest BCUT2D eigenvalue weighted by molar-refractivity contribution is -0.135. The van der Waals surface area contributed by atoms with E-state index in [1.807, 2.05) is 61.7 Å². The van der Waals surface area contributed by atoms with Gasteiger partial charge in [-0.3, -0.25) is 19.3 Å². The second kappa shape index (κ2) is 13.2. The number of aryl methyl sites for hydroxylation is 1. The first kappa shape index (κ1) is 25.8. The van der Waals surface area contributed by atoms with E-state index in [1.54, 1.807) is 22.7 Å². The van der Waals surface area contributed by atoms with Crippen molar-refractivity contribution in [2.75, 3.05) is 44.7 Å². The van der Waals surface area contributed by atoms with Gasteiger partial charge in [0, 0.05) is 38.3 Å². The molecule has 0 radical (unpaired) electrons.